The van der Waals surface area contributed by atoms with E-state index in [1.807, 2.05) is 48.5 Å². The van der Waals surface area contributed by atoms with Gasteiger partial charge in [-0.05, 0) is 46.5 Å². The maximum absolute atomic E-state index is 8.77. The Bertz CT molecular complexity index is 3140. The molecular weight excluding hydrogens is 647 g/mol. The van der Waals surface area contributed by atoms with Crippen LogP contribution in [0.15, 0.2) is 164 Å². The van der Waals surface area contributed by atoms with Gasteiger partial charge < -0.3 is 0 Å². The lowest BCUT2D eigenvalue weighted by Crippen LogP contribution is -2.01. The number of hydrogen-bond acceptors (Lipinski definition) is 5. The first-order chi connectivity index (χ1) is 26.8. The van der Waals surface area contributed by atoms with Crippen LogP contribution in [0, 0.1) is 0 Å². The fourth-order valence-corrected chi connectivity index (χ4v) is 9.02. The van der Waals surface area contributed by atoms with E-state index in [1.54, 1.807) is 34.8 Å². The van der Waals surface area contributed by atoms with E-state index in [0.29, 0.717) is 28.6 Å². The smallest absolute Gasteiger partial charge is 0.165 e. The molecular formula is C45H27N3S2. The summed E-state index contributed by atoms with van der Waals surface area (Å²) in [7, 11) is 0. The lowest BCUT2D eigenvalue weighted by Gasteiger charge is -2.12. The largest absolute Gasteiger partial charge is 0.208 e. The molecule has 0 atom stereocenters. The monoisotopic (exact) mass is 678 g/mol. The highest BCUT2D eigenvalue weighted by atomic mass is 32.1. The van der Waals surface area contributed by atoms with Crippen molar-refractivity contribution in [3.05, 3.63) is 164 Å². The molecule has 7 aromatic carbocycles. The van der Waals surface area contributed by atoms with Gasteiger partial charge in [0.05, 0.1) is 6.85 Å². The Morgan fingerprint density at radius 3 is 1.74 bits per heavy atom. The standard InChI is InChI=1S/C45H27N3S2/c1-2-11-29(12-3-1)32-13-4-5-16-37(32)44-46-43(47-45(48-44)38-18-10-17-36-34-15-7-9-20-40(34)50-42(36)38)30-23-21-28(22-24-30)31-25-26-35-33-14-6-8-19-39(33)49-41(35)27-31/h1-27H/i1D,2D,3D,11D,12D. The number of aromatic nitrogens is 3. The van der Waals surface area contributed by atoms with Crippen LogP contribution >= 0.6 is 22.7 Å². The van der Waals surface area contributed by atoms with Crippen molar-refractivity contribution < 1.29 is 6.85 Å². The van der Waals surface area contributed by atoms with E-state index in [-0.39, 0.29) is 17.6 Å². The Kier molecular flexibility index (Phi) is 5.73. The molecule has 0 radical (unpaired) electrons. The lowest BCUT2D eigenvalue weighted by atomic mass is 9.99. The normalized spacial score (nSPS) is 13.0. The molecule has 10 aromatic rings. The minimum absolute atomic E-state index is 0.0941. The molecule has 3 nitrogen and oxygen atoms in total. The van der Waals surface area contributed by atoms with E-state index in [4.69, 9.17) is 21.8 Å². The molecule has 0 aliphatic heterocycles. The highest BCUT2D eigenvalue weighted by Crippen LogP contribution is 2.41. The summed E-state index contributed by atoms with van der Waals surface area (Å²) in [6.07, 6.45) is 0. The van der Waals surface area contributed by atoms with Gasteiger partial charge in [0.25, 0.3) is 0 Å². The first kappa shape index (κ1) is 24.2. The van der Waals surface area contributed by atoms with Crippen molar-refractivity contribution in [3.8, 4) is 56.4 Å². The van der Waals surface area contributed by atoms with Crippen LogP contribution in [0.5, 0.6) is 0 Å². The molecule has 10 rings (SSSR count). The van der Waals surface area contributed by atoms with Crippen molar-refractivity contribution in [1.29, 1.82) is 0 Å². The molecule has 5 heteroatoms. The van der Waals surface area contributed by atoms with Crippen LogP contribution in [-0.4, -0.2) is 15.0 Å². The van der Waals surface area contributed by atoms with Gasteiger partial charge in [0.2, 0.25) is 0 Å². The zero-order valence-electron chi connectivity index (χ0n) is 31.4. The van der Waals surface area contributed by atoms with E-state index in [2.05, 4.69) is 72.8 Å². The maximum Gasteiger partial charge on any atom is 0.165 e. The van der Waals surface area contributed by atoms with E-state index >= 15 is 0 Å². The van der Waals surface area contributed by atoms with Crippen LogP contribution in [0.3, 0.4) is 0 Å². The van der Waals surface area contributed by atoms with Gasteiger partial charge in [-0.2, -0.15) is 0 Å². The van der Waals surface area contributed by atoms with Crippen LogP contribution in [0.2, 0.25) is 0 Å². The van der Waals surface area contributed by atoms with E-state index < -0.39 is 18.1 Å². The molecule has 0 unspecified atom stereocenters. The second-order valence-electron chi connectivity index (χ2n) is 12.0. The molecule has 3 aromatic heterocycles. The fraction of sp³-hybridized carbons (Fsp3) is 0. The van der Waals surface area contributed by atoms with Crippen LogP contribution in [-0.2, 0) is 0 Å². The summed E-state index contributed by atoms with van der Waals surface area (Å²) in [5, 5.41) is 4.80. The van der Waals surface area contributed by atoms with E-state index in [0.717, 1.165) is 42.4 Å². The van der Waals surface area contributed by atoms with Gasteiger partial charge in [0.1, 0.15) is 0 Å². The van der Waals surface area contributed by atoms with Crippen LogP contribution in [0.1, 0.15) is 6.85 Å². The van der Waals surface area contributed by atoms with Crippen LogP contribution < -0.4 is 0 Å². The van der Waals surface area contributed by atoms with Crippen LogP contribution in [0.25, 0.3) is 96.8 Å². The Labute approximate surface area is 303 Å². The van der Waals surface area contributed by atoms with E-state index in [1.165, 1.54) is 20.2 Å². The molecule has 0 saturated heterocycles. The first-order valence-corrected chi connectivity index (χ1v) is 17.8. The van der Waals surface area contributed by atoms with Gasteiger partial charge in [-0.1, -0.05) is 139 Å². The number of thiophene rings is 2. The Hall–Kier alpha value is -6.01. The number of benzene rings is 7. The fourth-order valence-electron chi connectivity index (χ4n) is 6.67. The third kappa shape index (κ3) is 4.90. The molecule has 50 heavy (non-hydrogen) atoms. The first-order valence-electron chi connectivity index (χ1n) is 18.7. The second kappa shape index (κ2) is 11.8. The van der Waals surface area contributed by atoms with Crippen molar-refractivity contribution in [1.82, 2.24) is 15.0 Å². The van der Waals surface area contributed by atoms with Crippen molar-refractivity contribution >= 4 is 63.0 Å². The zero-order valence-corrected chi connectivity index (χ0v) is 28.0. The quantitative estimate of drug-likeness (QED) is 0.182. The highest BCUT2D eigenvalue weighted by molar-refractivity contribution is 7.26. The predicted molar refractivity (Wildman–Crippen MR) is 213 cm³/mol. The molecule has 0 amide bonds. The molecule has 0 spiro atoms. The minimum Gasteiger partial charge on any atom is -0.208 e. The van der Waals surface area contributed by atoms with Crippen molar-refractivity contribution in [3.63, 3.8) is 0 Å². The summed E-state index contributed by atoms with van der Waals surface area (Å²) in [5.74, 6) is 1.27. The molecule has 0 saturated carbocycles. The van der Waals surface area contributed by atoms with Crippen molar-refractivity contribution in [2.45, 2.75) is 0 Å². The Balaban J connectivity index is 1.15. The summed E-state index contributed by atoms with van der Waals surface area (Å²) < 4.78 is 47.2. The van der Waals surface area contributed by atoms with Gasteiger partial charge >= 0.3 is 0 Å². The molecule has 3 heterocycles. The van der Waals surface area contributed by atoms with Gasteiger partial charge in [0.15, 0.2) is 17.5 Å². The summed E-state index contributed by atoms with van der Waals surface area (Å²) >= 11 is 3.48. The minimum atomic E-state index is -0.440. The Morgan fingerprint density at radius 1 is 0.380 bits per heavy atom. The molecule has 234 valence electrons. The predicted octanol–water partition coefficient (Wildman–Crippen LogP) is 12.9. The highest BCUT2D eigenvalue weighted by Gasteiger charge is 2.18. The third-order valence-electron chi connectivity index (χ3n) is 9.07. The third-order valence-corrected chi connectivity index (χ3v) is 11.4. The number of nitrogens with zero attached hydrogens (tertiary/aromatic N) is 3. The van der Waals surface area contributed by atoms with Crippen LogP contribution in [0.4, 0.5) is 0 Å². The van der Waals surface area contributed by atoms with Gasteiger partial charge in [-0.25, -0.2) is 15.0 Å². The van der Waals surface area contributed by atoms with Gasteiger partial charge in [-0.15, -0.1) is 22.7 Å². The summed E-state index contributed by atoms with van der Waals surface area (Å²) in [4.78, 5) is 15.2. The van der Waals surface area contributed by atoms with Crippen molar-refractivity contribution in [2.24, 2.45) is 0 Å². The molecule has 0 aliphatic carbocycles. The molecule has 0 fully saturated rings. The van der Waals surface area contributed by atoms with Gasteiger partial charge in [-0.3, -0.25) is 0 Å². The number of fused-ring (bicyclic) bond motifs is 6. The summed E-state index contributed by atoms with van der Waals surface area (Å²) in [6, 6.07) is 43.2. The molecule has 0 aliphatic rings. The lowest BCUT2D eigenvalue weighted by molar-refractivity contribution is 1.08. The molecule has 0 bridgehead atoms. The summed E-state index contributed by atoms with van der Waals surface area (Å²) in [5.41, 5.74) is 4.90. The zero-order chi connectivity index (χ0) is 37.4. The maximum atomic E-state index is 8.77. The van der Waals surface area contributed by atoms with Crippen molar-refractivity contribution in [2.75, 3.05) is 0 Å². The number of rotatable bonds is 5. The average molecular weight is 679 g/mol. The summed E-state index contributed by atoms with van der Waals surface area (Å²) in [6.45, 7) is 0. The Morgan fingerprint density at radius 2 is 0.940 bits per heavy atom. The second-order valence-corrected chi connectivity index (χ2v) is 14.2. The topological polar surface area (TPSA) is 38.7 Å². The van der Waals surface area contributed by atoms with E-state index in [9.17, 15) is 0 Å². The van der Waals surface area contributed by atoms with Gasteiger partial charge in [0, 0.05) is 57.0 Å². The number of hydrogen-bond donors (Lipinski definition) is 0. The SMILES string of the molecule is [2H]c1c([2H])c([2H])c(-c2ccccc2-c2nc(-c3ccc(-c4ccc5c(c4)sc4ccccc45)cc3)nc(-c3cccc4c3sc3ccccc34)n2)c([2H])c1[2H]. The molecule has 0 N–H and O–H groups in total. The average Bonchev–Trinajstić information content (AvgIpc) is 3.80.